The molecule has 1 saturated carbocycles. The van der Waals surface area contributed by atoms with Crippen molar-refractivity contribution >= 4 is 18.4 Å². The van der Waals surface area contributed by atoms with Gasteiger partial charge in [0.2, 0.25) is 0 Å². The van der Waals surface area contributed by atoms with Gasteiger partial charge < -0.3 is 9.84 Å². The van der Waals surface area contributed by atoms with E-state index in [1.165, 1.54) is 18.4 Å². The van der Waals surface area contributed by atoms with Crippen LogP contribution in [0.4, 0.5) is 0 Å². The number of hydrogen-bond acceptors (Lipinski definition) is 6. The number of thiol groups is 1. The van der Waals surface area contributed by atoms with Crippen molar-refractivity contribution in [3.8, 4) is 0 Å². The second-order valence-electron chi connectivity index (χ2n) is 6.89. The standard InChI is InChI=1S/C15H24O2.C4H8OS.H2O2.H2/c1-10-4-6-14(11(2)8-16)15-9-17-12(3)5-7-13(10)15;1-4(5)2-3-6;1-2;/h5,9-11,13-14,16H,4,6-8H2,1-3H3;6H,2-3H2,1H3;1-2H;1H/t10-,11+,13+,14?;;;/m1.../s1. The number of aliphatic hydroxyl groups is 1. The maximum atomic E-state index is 9.99. The number of hydrogen-bond donors (Lipinski definition) is 4. The minimum Gasteiger partial charge on any atom is -0.470 e. The van der Waals surface area contributed by atoms with E-state index in [-0.39, 0.29) is 13.8 Å². The first kappa shape index (κ1) is 24.2. The fourth-order valence-corrected chi connectivity index (χ4v) is 3.67. The lowest BCUT2D eigenvalue weighted by molar-refractivity contribution is -0.176. The van der Waals surface area contributed by atoms with Crippen molar-refractivity contribution in [1.82, 2.24) is 0 Å². The van der Waals surface area contributed by atoms with Crippen LogP contribution in [0.25, 0.3) is 0 Å². The zero-order valence-electron chi connectivity index (χ0n) is 15.8. The number of aliphatic hydroxyl groups excluding tert-OH is 1. The molecular weight excluding hydrogens is 340 g/mol. The maximum Gasteiger partial charge on any atom is 0.130 e. The SMILES string of the molecule is CC(=O)CCS.CC1=CC[C@@H]2C(=CO1)C([C@@H](C)CO)CC[C@H]2C.OO.[HH]. The molecule has 1 unspecified atom stereocenters. The summed E-state index contributed by atoms with van der Waals surface area (Å²) in [6.45, 7) is 8.34. The summed E-state index contributed by atoms with van der Waals surface area (Å²) in [5, 5.41) is 21.4. The van der Waals surface area contributed by atoms with E-state index in [9.17, 15) is 9.90 Å². The first-order valence-corrected chi connectivity index (χ1v) is 9.48. The largest absolute Gasteiger partial charge is 0.470 e. The summed E-state index contributed by atoms with van der Waals surface area (Å²) in [6.07, 6.45) is 8.32. The number of rotatable bonds is 4. The van der Waals surface area contributed by atoms with Gasteiger partial charge in [0.05, 0.1) is 12.0 Å². The summed E-state index contributed by atoms with van der Waals surface area (Å²) in [7, 11) is 0. The molecule has 0 spiro atoms. The molecule has 2 rings (SSSR count). The van der Waals surface area contributed by atoms with Crippen molar-refractivity contribution in [2.24, 2.45) is 23.7 Å². The molecule has 1 fully saturated rings. The number of allylic oxidation sites excluding steroid dienone is 3. The van der Waals surface area contributed by atoms with Gasteiger partial charge in [0, 0.05) is 14.5 Å². The van der Waals surface area contributed by atoms with Crippen molar-refractivity contribution in [2.75, 3.05) is 12.4 Å². The Balaban J connectivity index is 0. The Morgan fingerprint density at radius 1 is 1.44 bits per heavy atom. The fraction of sp³-hybridized carbons (Fsp3) is 0.737. The minimum atomic E-state index is 0. The van der Waals surface area contributed by atoms with E-state index in [0.29, 0.717) is 29.9 Å². The molecule has 0 saturated heterocycles. The van der Waals surface area contributed by atoms with Crippen molar-refractivity contribution < 1.29 is 26.6 Å². The molecule has 1 aliphatic carbocycles. The van der Waals surface area contributed by atoms with Crippen molar-refractivity contribution in [3.63, 3.8) is 0 Å². The van der Waals surface area contributed by atoms with Crippen LogP contribution in [0.3, 0.4) is 0 Å². The molecule has 0 amide bonds. The number of carbonyl (C=O) groups is 1. The zero-order valence-corrected chi connectivity index (χ0v) is 16.7. The van der Waals surface area contributed by atoms with Crippen LogP contribution < -0.4 is 0 Å². The van der Waals surface area contributed by atoms with Crippen LogP contribution in [0.2, 0.25) is 0 Å². The Morgan fingerprint density at radius 2 is 2.08 bits per heavy atom. The van der Waals surface area contributed by atoms with Gasteiger partial charge in [0.25, 0.3) is 0 Å². The van der Waals surface area contributed by atoms with E-state index in [0.717, 1.165) is 18.1 Å². The Labute approximate surface area is 158 Å². The summed E-state index contributed by atoms with van der Waals surface area (Å²) in [5.74, 6) is 4.09. The predicted molar refractivity (Wildman–Crippen MR) is 106 cm³/mol. The van der Waals surface area contributed by atoms with Gasteiger partial charge in [0.1, 0.15) is 5.78 Å². The molecule has 6 heteroatoms. The molecular formula is C19H36O5S. The zero-order chi connectivity index (χ0) is 19.4. The minimum absolute atomic E-state index is 0. The number of ketones is 1. The van der Waals surface area contributed by atoms with Gasteiger partial charge in [-0.2, -0.15) is 12.6 Å². The highest BCUT2D eigenvalue weighted by Gasteiger charge is 2.35. The third-order valence-corrected chi connectivity index (χ3v) is 5.18. The van der Waals surface area contributed by atoms with Crippen LogP contribution >= 0.6 is 12.6 Å². The maximum absolute atomic E-state index is 9.99. The topological polar surface area (TPSA) is 87.0 Å². The van der Waals surface area contributed by atoms with Gasteiger partial charge in [-0.05, 0) is 74.2 Å². The highest BCUT2D eigenvalue weighted by Crippen LogP contribution is 2.44. The third kappa shape index (κ3) is 8.40. The molecule has 0 bridgehead atoms. The van der Waals surface area contributed by atoms with Crippen LogP contribution in [-0.2, 0) is 9.53 Å². The number of ether oxygens (including phenoxy) is 1. The first-order valence-electron chi connectivity index (χ1n) is 8.85. The molecule has 0 aromatic rings. The average Bonchev–Trinajstić information content (AvgIpc) is 2.80. The molecule has 25 heavy (non-hydrogen) atoms. The number of fused-ring (bicyclic) bond motifs is 1. The van der Waals surface area contributed by atoms with Gasteiger partial charge >= 0.3 is 0 Å². The van der Waals surface area contributed by atoms with Gasteiger partial charge in [0.15, 0.2) is 0 Å². The van der Waals surface area contributed by atoms with Gasteiger partial charge in [-0.15, -0.1) is 0 Å². The van der Waals surface area contributed by atoms with Crippen LogP contribution in [0.15, 0.2) is 23.7 Å². The van der Waals surface area contributed by atoms with Crippen LogP contribution in [0.1, 0.15) is 54.8 Å². The normalized spacial score (nSPS) is 26.0. The van der Waals surface area contributed by atoms with E-state index >= 15 is 0 Å². The van der Waals surface area contributed by atoms with E-state index < -0.39 is 0 Å². The van der Waals surface area contributed by atoms with Gasteiger partial charge in [-0.1, -0.05) is 13.8 Å². The summed E-state index contributed by atoms with van der Waals surface area (Å²) in [5.41, 5.74) is 1.43. The second kappa shape index (κ2) is 13.4. The monoisotopic (exact) mass is 376 g/mol. The number of carbonyl (C=O) groups excluding carboxylic acids is 1. The lowest BCUT2D eigenvalue weighted by Gasteiger charge is -2.38. The molecule has 2 aliphatic rings. The second-order valence-corrected chi connectivity index (χ2v) is 7.34. The van der Waals surface area contributed by atoms with E-state index in [2.05, 4.69) is 32.6 Å². The molecule has 1 heterocycles. The van der Waals surface area contributed by atoms with Gasteiger partial charge in [-0.3, -0.25) is 15.3 Å². The van der Waals surface area contributed by atoms with Crippen molar-refractivity contribution in [2.45, 2.75) is 53.4 Å². The van der Waals surface area contributed by atoms with Crippen molar-refractivity contribution in [3.05, 3.63) is 23.7 Å². The van der Waals surface area contributed by atoms with Crippen LogP contribution in [0.5, 0.6) is 0 Å². The average molecular weight is 377 g/mol. The molecule has 4 atom stereocenters. The lowest BCUT2D eigenvalue weighted by Crippen LogP contribution is -2.30. The molecule has 0 aromatic heterocycles. The molecule has 0 radical (unpaired) electrons. The molecule has 0 aromatic carbocycles. The molecule has 3 N–H and O–H groups in total. The Bertz CT molecular complexity index is 453. The summed E-state index contributed by atoms with van der Waals surface area (Å²) in [6, 6.07) is 0. The van der Waals surface area contributed by atoms with Crippen LogP contribution in [0, 0.1) is 23.7 Å². The highest BCUT2D eigenvalue weighted by atomic mass is 32.1. The molecule has 5 nitrogen and oxygen atoms in total. The summed E-state index contributed by atoms with van der Waals surface area (Å²) in [4.78, 5) is 9.99. The van der Waals surface area contributed by atoms with Crippen molar-refractivity contribution in [1.29, 1.82) is 0 Å². The Kier molecular flexibility index (Phi) is 13.0. The van der Waals surface area contributed by atoms with E-state index in [4.69, 9.17) is 15.3 Å². The van der Waals surface area contributed by atoms with E-state index in [1.54, 1.807) is 6.92 Å². The highest BCUT2D eigenvalue weighted by molar-refractivity contribution is 7.80. The third-order valence-electron chi connectivity index (χ3n) is 4.96. The van der Waals surface area contributed by atoms with Crippen LogP contribution in [-0.4, -0.2) is 33.8 Å². The smallest absolute Gasteiger partial charge is 0.130 e. The first-order chi connectivity index (χ1) is 11.9. The Morgan fingerprint density at radius 3 is 2.56 bits per heavy atom. The summed E-state index contributed by atoms with van der Waals surface area (Å²) >= 11 is 3.84. The fourth-order valence-electron chi connectivity index (χ4n) is 3.36. The number of Topliss-reactive ketones (excluding diaryl/α,β-unsaturated/α-hetero) is 1. The van der Waals surface area contributed by atoms with E-state index in [1.807, 2.05) is 13.2 Å². The lowest BCUT2D eigenvalue weighted by atomic mass is 9.67. The quantitative estimate of drug-likeness (QED) is 0.326. The molecule has 1 aliphatic heterocycles. The van der Waals surface area contributed by atoms with Gasteiger partial charge in [-0.25, -0.2) is 0 Å². The predicted octanol–water partition coefficient (Wildman–Crippen LogP) is 4.64. The Hall–Kier alpha value is -0.820. The summed E-state index contributed by atoms with van der Waals surface area (Å²) < 4.78 is 5.66. The molecule has 148 valence electrons.